The van der Waals surface area contributed by atoms with Crippen LogP contribution in [0.1, 0.15) is 23.4 Å². The molecule has 4 nitrogen and oxygen atoms in total. The van der Waals surface area contributed by atoms with Crippen LogP contribution in [-0.4, -0.2) is 22.0 Å². The van der Waals surface area contributed by atoms with Gasteiger partial charge in [0.1, 0.15) is 5.82 Å². The molecule has 1 amide bonds. The minimum Gasteiger partial charge on any atom is -0.356 e. The molecule has 4 heteroatoms. The van der Waals surface area contributed by atoms with E-state index in [0.29, 0.717) is 13.0 Å². The van der Waals surface area contributed by atoms with Gasteiger partial charge < -0.3 is 9.88 Å². The molecule has 0 spiro atoms. The fourth-order valence-corrected chi connectivity index (χ4v) is 2.94. The molecule has 1 aromatic heterocycles. The number of amides is 1. The van der Waals surface area contributed by atoms with Crippen LogP contribution in [0.4, 0.5) is 0 Å². The Morgan fingerprint density at radius 3 is 2.67 bits per heavy atom. The molecule has 124 valence electrons. The fraction of sp³-hybridized carbons (Fsp3) is 0.300. The fourth-order valence-electron chi connectivity index (χ4n) is 2.94. The monoisotopic (exact) mass is 321 g/mol. The van der Waals surface area contributed by atoms with E-state index in [1.807, 2.05) is 56.4 Å². The Morgan fingerprint density at radius 1 is 1.12 bits per heavy atom. The summed E-state index contributed by atoms with van der Waals surface area (Å²) in [7, 11) is 2.04. The largest absolute Gasteiger partial charge is 0.356 e. The first kappa shape index (κ1) is 16.2. The zero-order chi connectivity index (χ0) is 16.9. The van der Waals surface area contributed by atoms with Gasteiger partial charge in [0.05, 0.1) is 17.5 Å². The predicted molar refractivity (Wildman–Crippen MR) is 96.9 cm³/mol. The lowest BCUT2D eigenvalue weighted by molar-refractivity contribution is -0.120. The van der Waals surface area contributed by atoms with Crippen molar-refractivity contribution in [3.63, 3.8) is 0 Å². The van der Waals surface area contributed by atoms with Crippen molar-refractivity contribution in [2.75, 3.05) is 6.54 Å². The molecular weight excluding hydrogens is 298 g/mol. The van der Waals surface area contributed by atoms with E-state index in [1.54, 1.807) is 0 Å². The number of imidazole rings is 1. The Labute approximate surface area is 142 Å². The standard InChI is InChI=1S/C20H23N3O/c1-15-8-3-4-9-16(15)14-20(24)21-13-7-12-19-22-17-10-5-6-11-18(17)23(19)2/h3-6,8-11H,7,12-14H2,1-2H3,(H,21,24). The topological polar surface area (TPSA) is 46.9 Å². The van der Waals surface area contributed by atoms with Gasteiger partial charge in [-0.15, -0.1) is 0 Å². The highest BCUT2D eigenvalue weighted by Crippen LogP contribution is 2.15. The van der Waals surface area contributed by atoms with E-state index in [1.165, 1.54) is 0 Å². The van der Waals surface area contributed by atoms with Gasteiger partial charge in [-0.1, -0.05) is 36.4 Å². The number of carbonyl (C=O) groups is 1. The number of nitrogens with zero attached hydrogens (tertiary/aromatic N) is 2. The highest BCUT2D eigenvalue weighted by atomic mass is 16.1. The maximum atomic E-state index is 12.1. The van der Waals surface area contributed by atoms with Crippen LogP contribution < -0.4 is 5.32 Å². The summed E-state index contributed by atoms with van der Waals surface area (Å²) < 4.78 is 2.13. The van der Waals surface area contributed by atoms with Crippen molar-refractivity contribution in [2.45, 2.75) is 26.2 Å². The quantitative estimate of drug-likeness (QED) is 0.709. The third-order valence-corrected chi connectivity index (χ3v) is 4.39. The SMILES string of the molecule is Cc1ccccc1CC(=O)NCCCc1nc2ccccc2n1C. The molecule has 0 bridgehead atoms. The molecular formula is C20H23N3O. The van der Waals surface area contributed by atoms with Crippen molar-refractivity contribution in [1.29, 1.82) is 0 Å². The Hall–Kier alpha value is -2.62. The Kier molecular flexibility index (Phi) is 4.94. The minimum absolute atomic E-state index is 0.0781. The van der Waals surface area contributed by atoms with Crippen LogP contribution in [-0.2, 0) is 24.7 Å². The number of aryl methyl sites for hydroxylation is 3. The van der Waals surface area contributed by atoms with Gasteiger partial charge in [0.15, 0.2) is 0 Å². The number of hydrogen-bond acceptors (Lipinski definition) is 2. The summed E-state index contributed by atoms with van der Waals surface area (Å²) in [5, 5.41) is 3.01. The lowest BCUT2D eigenvalue weighted by Gasteiger charge is -2.07. The van der Waals surface area contributed by atoms with E-state index in [2.05, 4.69) is 20.9 Å². The number of benzene rings is 2. The van der Waals surface area contributed by atoms with Crippen LogP contribution in [0, 0.1) is 6.92 Å². The van der Waals surface area contributed by atoms with Crippen molar-refractivity contribution >= 4 is 16.9 Å². The Morgan fingerprint density at radius 2 is 1.88 bits per heavy atom. The van der Waals surface area contributed by atoms with Gasteiger partial charge in [-0.05, 0) is 36.6 Å². The van der Waals surface area contributed by atoms with Crippen LogP contribution in [0.2, 0.25) is 0 Å². The third kappa shape index (κ3) is 3.65. The van der Waals surface area contributed by atoms with E-state index in [-0.39, 0.29) is 5.91 Å². The van der Waals surface area contributed by atoms with Crippen molar-refractivity contribution in [1.82, 2.24) is 14.9 Å². The summed E-state index contributed by atoms with van der Waals surface area (Å²) in [6, 6.07) is 16.2. The normalized spacial score (nSPS) is 10.9. The Bertz CT molecular complexity index is 851. The molecule has 1 heterocycles. The smallest absolute Gasteiger partial charge is 0.224 e. The average Bonchev–Trinajstić information content (AvgIpc) is 2.90. The van der Waals surface area contributed by atoms with E-state index >= 15 is 0 Å². The van der Waals surface area contributed by atoms with Gasteiger partial charge >= 0.3 is 0 Å². The van der Waals surface area contributed by atoms with E-state index in [4.69, 9.17) is 0 Å². The van der Waals surface area contributed by atoms with Gasteiger partial charge in [-0.2, -0.15) is 0 Å². The molecule has 0 radical (unpaired) electrons. The number of fused-ring (bicyclic) bond motifs is 1. The molecule has 0 fully saturated rings. The van der Waals surface area contributed by atoms with Gasteiger partial charge in [-0.25, -0.2) is 4.98 Å². The van der Waals surface area contributed by atoms with Crippen LogP contribution in [0.5, 0.6) is 0 Å². The summed E-state index contributed by atoms with van der Waals surface area (Å²) in [6.45, 7) is 2.71. The summed E-state index contributed by atoms with van der Waals surface area (Å²) in [4.78, 5) is 16.7. The first-order valence-electron chi connectivity index (χ1n) is 8.36. The van der Waals surface area contributed by atoms with Crippen LogP contribution in [0.15, 0.2) is 48.5 Å². The van der Waals surface area contributed by atoms with Gasteiger partial charge in [0.25, 0.3) is 0 Å². The summed E-state index contributed by atoms with van der Waals surface area (Å²) in [6.07, 6.45) is 2.19. The number of nitrogens with one attached hydrogen (secondary N) is 1. The summed E-state index contributed by atoms with van der Waals surface area (Å²) >= 11 is 0. The second kappa shape index (κ2) is 7.30. The molecule has 0 atom stereocenters. The van der Waals surface area contributed by atoms with Crippen molar-refractivity contribution < 1.29 is 4.79 Å². The number of hydrogen-bond donors (Lipinski definition) is 1. The van der Waals surface area contributed by atoms with Crippen LogP contribution in [0.25, 0.3) is 11.0 Å². The second-order valence-corrected chi connectivity index (χ2v) is 6.13. The van der Waals surface area contributed by atoms with Gasteiger partial charge in [-0.3, -0.25) is 4.79 Å². The maximum absolute atomic E-state index is 12.1. The first-order valence-corrected chi connectivity index (χ1v) is 8.36. The zero-order valence-corrected chi connectivity index (χ0v) is 14.2. The molecule has 0 aliphatic carbocycles. The molecule has 0 unspecified atom stereocenters. The predicted octanol–water partition coefficient (Wildman–Crippen LogP) is 3.17. The lowest BCUT2D eigenvalue weighted by atomic mass is 10.1. The average molecular weight is 321 g/mol. The first-order chi connectivity index (χ1) is 11.6. The van der Waals surface area contributed by atoms with Gasteiger partial charge in [0, 0.05) is 20.0 Å². The molecule has 2 aromatic carbocycles. The van der Waals surface area contributed by atoms with Crippen molar-refractivity contribution in [2.24, 2.45) is 7.05 Å². The van der Waals surface area contributed by atoms with Crippen LogP contribution in [0.3, 0.4) is 0 Å². The zero-order valence-electron chi connectivity index (χ0n) is 14.2. The molecule has 0 saturated heterocycles. The molecule has 3 rings (SSSR count). The Balaban J connectivity index is 1.49. The lowest BCUT2D eigenvalue weighted by Crippen LogP contribution is -2.26. The molecule has 0 aliphatic heterocycles. The number of aromatic nitrogens is 2. The molecule has 0 saturated carbocycles. The minimum atomic E-state index is 0.0781. The number of rotatable bonds is 6. The molecule has 0 aliphatic rings. The molecule has 3 aromatic rings. The number of carbonyl (C=O) groups excluding carboxylic acids is 1. The van der Waals surface area contributed by atoms with Crippen LogP contribution >= 0.6 is 0 Å². The van der Waals surface area contributed by atoms with Gasteiger partial charge in [0.2, 0.25) is 5.91 Å². The van der Waals surface area contributed by atoms with E-state index in [0.717, 1.165) is 40.8 Å². The molecule has 1 N–H and O–H groups in total. The van der Waals surface area contributed by atoms with Crippen molar-refractivity contribution in [3.8, 4) is 0 Å². The highest BCUT2D eigenvalue weighted by molar-refractivity contribution is 5.79. The summed E-state index contributed by atoms with van der Waals surface area (Å²) in [5.74, 6) is 1.14. The van der Waals surface area contributed by atoms with E-state index in [9.17, 15) is 4.79 Å². The third-order valence-electron chi connectivity index (χ3n) is 4.39. The second-order valence-electron chi connectivity index (χ2n) is 6.13. The molecule has 24 heavy (non-hydrogen) atoms. The maximum Gasteiger partial charge on any atom is 0.224 e. The highest BCUT2D eigenvalue weighted by Gasteiger charge is 2.08. The van der Waals surface area contributed by atoms with Crippen molar-refractivity contribution in [3.05, 3.63) is 65.5 Å². The summed E-state index contributed by atoms with van der Waals surface area (Å²) in [5.41, 5.74) is 4.42. The van der Waals surface area contributed by atoms with E-state index < -0.39 is 0 Å². The number of para-hydroxylation sites is 2.